The number of benzene rings is 1. The Morgan fingerprint density at radius 3 is 2.41 bits per heavy atom. The molecule has 90 valence electrons. The third-order valence-electron chi connectivity index (χ3n) is 1.98. The molecule has 0 aliphatic carbocycles. The molecule has 0 aromatic heterocycles. The summed E-state index contributed by atoms with van der Waals surface area (Å²) in [6.45, 7) is 9.74. The van der Waals surface area contributed by atoms with Crippen molar-refractivity contribution in [2.24, 2.45) is 0 Å². The van der Waals surface area contributed by atoms with Crippen LogP contribution in [0.4, 0.5) is 0 Å². The third kappa shape index (κ3) is 5.71. The lowest BCUT2D eigenvalue weighted by atomic mass is 10.2. The van der Waals surface area contributed by atoms with Gasteiger partial charge in [-0.25, -0.2) is 0 Å². The van der Waals surface area contributed by atoms with Crippen molar-refractivity contribution in [3.05, 3.63) is 65.8 Å². The van der Waals surface area contributed by atoms with Crippen LogP contribution >= 0.6 is 21.6 Å². The van der Waals surface area contributed by atoms with E-state index in [2.05, 4.69) is 44.3 Å². The van der Waals surface area contributed by atoms with Crippen LogP contribution in [0.2, 0.25) is 0 Å². The molecule has 0 aliphatic heterocycles. The first kappa shape index (κ1) is 14.0. The highest BCUT2D eigenvalue weighted by atomic mass is 33.1. The van der Waals surface area contributed by atoms with Gasteiger partial charge in [0.15, 0.2) is 0 Å². The van der Waals surface area contributed by atoms with E-state index in [1.54, 1.807) is 28.7 Å². The van der Waals surface area contributed by atoms with Gasteiger partial charge in [-0.2, -0.15) is 0 Å². The largest absolute Gasteiger partial charge is 0.497 e. The zero-order valence-corrected chi connectivity index (χ0v) is 11.7. The van der Waals surface area contributed by atoms with Crippen LogP contribution in [0, 0.1) is 6.92 Å². The van der Waals surface area contributed by atoms with Crippen molar-refractivity contribution in [2.75, 3.05) is 7.11 Å². The summed E-state index contributed by atoms with van der Waals surface area (Å²) >= 11 is 0. The van der Waals surface area contributed by atoms with Gasteiger partial charge in [0.2, 0.25) is 0 Å². The van der Waals surface area contributed by atoms with E-state index in [1.807, 2.05) is 12.2 Å². The maximum absolute atomic E-state index is 4.94. The van der Waals surface area contributed by atoms with Crippen molar-refractivity contribution in [3.63, 3.8) is 0 Å². The van der Waals surface area contributed by atoms with Gasteiger partial charge in [0.25, 0.3) is 0 Å². The van der Waals surface area contributed by atoms with E-state index in [1.165, 1.54) is 10.5 Å². The van der Waals surface area contributed by atoms with E-state index < -0.39 is 0 Å². The summed E-state index contributed by atoms with van der Waals surface area (Å²) < 4.78 is 4.94. The number of methoxy groups -OCH3 is 1. The van der Waals surface area contributed by atoms with E-state index >= 15 is 0 Å². The molecule has 0 aliphatic rings. The Morgan fingerprint density at radius 1 is 1.18 bits per heavy atom. The molecule has 0 fully saturated rings. The van der Waals surface area contributed by atoms with Crippen LogP contribution in [0.1, 0.15) is 5.56 Å². The zero-order chi connectivity index (χ0) is 12.7. The van der Waals surface area contributed by atoms with Gasteiger partial charge in [0, 0.05) is 9.80 Å². The Bertz CT molecular complexity index is 418. The molecule has 1 rings (SSSR count). The Labute approximate surface area is 111 Å². The molecule has 0 amide bonds. The van der Waals surface area contributed by atoms with Crippen molar-refractivity contribution < 1.29 is 4.74 Å². The molecule has 1 aromatic carbocycles. The number of ether oxygens (including phenoxy) is 1. The second kappa shape index (κ2) is 7.30. The number of aryl methyl sites for hydroxylation is 1. The monoisotopic (exact) mass is 264 g/mol. The molecule has 0 heterocycles. The van der Waals surface area contributed by atoms with E-state index in [-0.39, 0.29) is 0 Å². The molecular weight excluding hydrogens is 248 g/mol. The Morgan fingerprint density at radius 2 is 1.82 bits per heavy atom. The molecule has 0 atom stereocenters. The molecule has 0 N–H and O–H groups in total. The second-order valence-corrected chi connectivity index (χ2v) is 5.78. The molecule has 1 nitrogen and oxygen atoms in total. The van der Waals surface area contributed by atoms with Gasteiger partial charge >= 0.3 is 0 Å². The zero-order valence-electron chi connectivity index (χ0n) is 10.1. The van der Waals surface area contributed by atoms with Gasteiger partial charge in [0.1, 0.15) is 5.76 Å². The lowest BCUT2D eigenvalue weighted by molar-refractivity contribution is 0.309. The quantitative estimate of drug-likeness (QED) is 0.408. The first-order valence-electron chi connectivity index (χ1n) is 5.13. The van der Waals surface area contributed by atoms with Crippen molar-refractivity contribution in [3.8, 4) is 0 Å². The van der Waals surface area contributed by atoms with Gasteiger partial charge in [-0.05, 0) is 31.2 Å². The highest BCUT2D eigenvalue weighted by Gasteiger charge is 1.96. The standard InChI is InChI=1S/C14H16OS2/c1-11-5-9-14(10-6-11)17-16-13(3)8-7-12(2)15-4/h5-10H,2-3H2,1,4H3/b8-7-. The summed E-state index contributed by atoms with van der Waals surface area (Å²) in [5.74, 6) is 0.632. The molecule has 3 heteroatoms. The summed E-state index contributed by atoms with van der Waals surface area (Å²) in [5, 5.41) is 0. The lowest BCUT2D eigenvalue weighted by Gasteiger charge is -2.01. The van der Waals surface area contributed by atoms with E-state index in [0.29, 0.717) is 5.76 Å². The fourth-order valence-electron chi connectivity index (χ4n) is 0.977. The predicted octanol–water partition coefficient (Wildman–Crippen LogP) is 4.97. The normalized spacial score (nSPS) is 10.5. The number of hydrogen-bond acceptors (Lipinski definition) is 3. The molecule has 17 heavy (non-hydrogen) atoms. The molecule has 0 bridgehead atoms. The maximum Gasteiger partial charge on any atom is 0.111 e. The van der Waals surface area contributed by atoms with Crippen molar-refractivity contribution >= 4 is 21.6 Å². The fourth-order valence-corrected chi connectivity index (χ4v) is 2.66. The Balaban J connectivity index is 2.40. The average Bonchev–Trinajstić information content (AvgIpc) is 2.35. The summed E-state index contributed by atoms with van der Waals surface area (Å²) in [4.78, 5) is 2.19. The SMILES string of the molecule is C=C(/C=C\C(=C)SSc1ccc(C)cc1)OC. The highest BCUT2D eigenvalue weighted by Crippen LogP contribution is 2.36. The van der Waals surface area contributed by atoms with Gasteiger partial charge in [-0.15, -0.1) is 0 Å². The van der Waals surface area contributed by atoms with E-state index in [0.717, 1.165) is 4.91 Å². The third-order valence-corrected chi connectivity index (χ3v) is 4.35. The summed E-state index contributed by atoms with van der Waals surface area (Å²) in [7, 11) is 4.92. The van der Waals surface area contributed by atoms with E-state index in [4.69, 9.17) is 4.74 Å². The van der Waals surface area contributed by atoms with Crippen LogP contribution in [0.5, 0.6) is 0 Å². The van der Waals surface area contributed by atoms with Crippen molar-refractivity contribution in [2.45, 2.75) is 11.8 Å². The minimum atomic E-state index is 0.632. The molecule has 0 saturated heterocycles. The molecule has 0 saturated carbocycles. The smallest absolute Gasteiger partial charge is 0.111 e. The number of allylic oxidation sites excluding steroid dienone is 2. The number of hydrogen-bond donors (Lipinski definition) is 0. The lowest BCUT2D eigenvalue weighted by Crippen LogP contribution is -1.76. The van der Waals surface area contributed by atoms with Gasteiger partial charge in [-0.3, -0.25) is 0 Å². The molecule has 1 aromatic rings. The first-order chi connectivity index (χ1) is 8.11. The van der Waals surface area contributed by atoms with Crippen LogP contribution < -0.4 is 0 Å². The van der Waals surface area contributed by atoms with Crippen LogP contribution in [0.15, 0.2) is 65.1 Å². The van der Waals surface area contributed by atoms with Crippen molar-refractivity contribution in [1.82, 2.24) is 0 Å². The number of rotatable bonds is 6. The van der Waals surface area contributed by atoms with E-state index in [9.17, 15) is 0 Å². The Kier molecular flexibility index (Phi) is 6.01. The highest BCUT2D eigenvalue weighted by molar-refractivity contribution is 8.78. The molecule has 0 radical (unpaired) electrons. The maximum atomic E-state index is 4.94. The summed E-state index contributed by atoms with van der Waals surface area (Å²) in [6.07, 6.45) is 3.71. The molecular formula is C14H16OS2. The minimum absolute atomic E-state index is 0.632. The van der Waals surface area contributed by atoms with Crippen molar-refractivity contribution in [1.29, 1.82) is 0 Å². The topological polar surface area (TPSA) is 9.23 Å². The molecule has 0 unspecified atom stereocenters. The minimum Gasteiger partial charge on any atom is -0.497 e. The Hall–Kier alpha value is -1.06. The van der Waals surface area contributed by atoms with Gasteiger partial charge in [0.05, 0.1) is 7.11 Å². The second-order valence-electron chi connectivity index (χ2n) is 3.45. The predicted molar refractivity (Wildman–Crippen MR) is 79.1 cm³/mol. The van der Waals surface area contributed by atoms with Crippen LogP contribution in [-0.4, -0.2) is 7.11 Å². The van der Waals surface area contributed by atoms with Crippen LogP contribution in [-0.2, 0) is 4.74 Å². The van der Waals surface area contributed by atoms with Crippen LogP contribution in [0.25, 0.3) is 0 Å². The van der Waals surface area contributed by atoms with Gasteiger partial charge < -0.3 is 4.74 Å². The summed E-state index contributed by atoms with van der Waals surface area (Å²) in [6, 6.07) is 8.43. The fraction of sp³-hybridized carbons (Fsp3) is 0.143. The molecule has 0 spiro atoms. The summed E-state index contributed by atoms with van der Waals surface area (Å²) in [5.41, 5.74) is 1.27. The van der Waals surface area contributed by atoms with Gasteiger partial charge in [-0.1, -0.05) is 52.4 Å². The first-order valence-corrected chi connectivity index (χ1v) is 7.28. The average molecular weight is 264 g/mol. The van der Waals surface area contributed by atoms with Crippen LogP contribution in [0.3, 0.4) is 0 Å².